The Kier molecular flexibility index (Phi) is 5.59. The zero-order valence-electron chi connectivity index (χ0n) is 17.5. The first-order chi connectivity index (χ1) is 14.6. The quantitative estimate of drug-likeness (QED) is 0.496. The lowest BCUT2D eigenvalue weighted by Crippen LogP contribution is -2.33. The molecule has 0 fully saturated rings. The van der Waals surface area contributed by atoms with E-state index in [9.17, 15) is 5.11 Å². The summed E-state index contributed by atoms with van der Waals surface area (Å²) in [6, 6.07) is 24.0. The van der Waals surface area contributed by atoms with Crippen molar-refractivity contribution in [2.45, 2.75) is 13.5 Å². The fraction of sp³-hybridized carbons (Fsp3) is 0.154. The van der Waals surface area contributed by atoms with Gasteiger partial charge in [0, 0.05) is 11.1 Å². The van der Waals surface area contributed by atoms with Crippen molar-refractivity contribution in [1.29, 1.82) is 0 Å². The maximum absolute atomic E-state index is 10.0. The molecular formula is C26H25N2O2+. The van der Waals surface area contributed by atoms with Crippen LogP contribution >= 0.6 is 0 Å². The second-order valence-electron chi connectivity index (χ2n) is 7.27. The molecule has 0 amide bonds. The highest BCUT2D eigenvalue weighted by atomic mass is 16.5. The van der Waals surface area contributed by atoms with E-state index >= 15 is 0 Å². The van der Waals surface area contributed by atoms with Gasteiger partial charge in [-0.3, -0.25) is 0 Å². The molecule has 150 valence electrons. The second-order valence-corrected chi connectivity index (χ2v) is 7.27. The van der Waals surface area contributed by atoms with Crippen LogP contribution < -0.4 is 9.30 Å². The fourth-order valence-corrected chi connectivity index (χ4v) is 3.89. The van der Waals surface area contributed by atoms with Crippen LogP contribution in [0.3, 0.4) is 0 Å². The molecule has 0 saturated carbocycles. The Labute approximate surface area is 177 Å². The number of aryl methyl sites for hydroxylation is 2. The van der Waals surface area contributed by atoms with Crippen LogP contribution in [0.2, 0.25) is 0 Å². The third kappa shape index (κ3) is 3.58. The van der Waals surface area contributed by atoms with Crippen LogP contribution in [0.4, 0.5) is 0 Å². The highest BCUT2D eigenvalue weighted by molar-refractivity contribution is 5.83. The van der Waals surface area contributed by atoms with Gasteiger partial charge in [0.1, 0.15) is 24.2 Å². The van der Waals surface area contributed by atoms with Gasteiger partial charge in [-0.1, -0.05) is 60.7 Å². The summed E-state index contributed by atoms with van der Waals surface area (Å²) >= 11 is 0. The highest BCUT2D eigenvalue weighted by Crippen LogP contribution is 2.37. The van der Waals surface area contributed by atoms with Crippen molar-refractivity contribution in [2.24, 2.45) is 7.05 Å². The molecule has 1 N–H and O–H groups in total. The predicted molar refractivity (Wildman–Crippen MR) is 119 cm³/mol. The minimum Gasteiger partial charge on any atom is -0.496 e. The number of aromatic nitrogens is 2. The van der Waals surface area contributed by atoms with E-state index in [1.54, 1.807) is 7.11 Å². The van der Waals surface area contributed by atoms with E-state index in [4.69, 9.17) is 9.72 Å². The summed E-state index contributed by atoms with van der Waals surface area (Å²) in [5.74, 6) is 0.760. The average Bonchev–Trinajstić information content (AvgIpc) is 2.79. The van der Waals surface area contributed by atoms with Gasteiger partial charge < -0.3 is 9.84 Å². The first-order valence-corrected chi connectivity index (χ1v) is 9.93. The number of rotatable bonds is 5. The lowest BCUT2D eigenvalue weighted by atomic mass is 9.94. The van der Waals surface area contributed by atoms with E-state index in [0.29, 0.717) is 0 Å². The van der Waals surface area contributed by atoms with Gasteiger partial charge >= 0.3 is 0 Å². The number of hydrogen-bond donors (Lipinski definition) is 1. The zero-order valence-corrected chi connectivity index (χ0v) is 17.5. The molecule has 1 heterocycles. The van der Waals surface area contributed by atoms with Gasteiger partial charge in [-0.15, -0.1) is 0 Å². The number of aliphatic hydroxyl groups excluding tert-OH is 1. The molecule has 0 saturated heterocycles. The predicted octanol–water partition coefficient (Wildman–Crippen LogP) is 4.72. The van der Waals surface area contributed by atoms with Crippen molar-refractivity contribution in [3.63, 3.8) is 0 Å². The Balaban J connectivity index is 2.09. The molecule has 4 heteroatoms. The summed E-state index contributed by atoms with van der Waals surface area (Å²) in [6.45, 7) is 2.02. The molecule has 0 unspecified atom stereocenters. The van der Waals surface area contributed by atoms with Crippen LogP contribution in [-0.4, -0.2) is 17.2 Å². The van der Waals surface area contributed by atoms with Crippen molar-refractivity contribution in [1.82, 2.24) is 4.98 Å². The molecule has 4 nitrogen and oxygen atoms in total. The summed E-state index contributed by atoms with van der Waals surface area (Å²) < 4.78 is 7.76. The molecule has 0 bridgehead atoms. The first-order valence-electron chi connectivity index (χ1n) is 9.93. The normalized spacial score (nSPS) is 10.8. The van der Waals surface area contributed by atoms with Gasteiger partial charge in [0.15, 0.2) is 6.20 Å². The van der Waals surface area contributed by atoms with Crippen molar-refractivity contribution in [3.05, 3.63) is 90.1 Å². The molecule has 0 radical (unpaired) electrons. The Morgan fingerprint density at radius 2 is 1.67 bits per heavy atom. The van der Waals surface area contributed by atoms with E-state index in [0.717, 1.165) is 50.6 Å². The van der Waals surface area contributed by atoms with Crippen LogP contribution in [0.1, 0.15) is 11.1 Å². The monoisotopic (exact) mass is 397 g/mol. The summed E-state index contributed by atoms with van der Waals surface area (Å²) in [7, 11) is 3.70. The molecule has 4 rings (SSSR count). The Morgan fingerprint density at radius 1 is 0.933 bits per heavy atom. The lowest BCUT2D eigenvalue weighted by Gasteiger charge is -2.15. The number of para-hydroxylation sites is 1. The maximum Gasteiger partial charge on any atom is 0.239 e. The zero-order chi connectivity index (χ0) is 21.1. The van der Waals surface area contributed by atoms with E-state index in [1.165, 1.54) is 0 Å². The number of aliphatic hydroxyl groups is 1. The molecule has 30 heavy (non-hydrogen) atoms. The molecule has 4 aromatic rings. The van der Waals surface area contributed by atoms with Crippen LogP contribution in [-0.2, 0) is 13.7 Å². The maximum atomic E-state index is 10.0. The van der Waals surface area contributed by atoms with Crippen molar-refractivity contribution in [2.75, 3.05) is 7.11 Å². The van der Waals surface area contributed by atoms with Crippen LogP contribution in [0, 0.1) is 6.92 Å². The van der Waals surface area contributed by atoms with Gasteiger partial charge in [-0.2, -0.15) is 4.57 Å². The molecule has 0 aliphatic heterocycles. The minimum absolute atomic E-state index is 0.0389. The molecule has 0 aliphatic rings. The molecule has 0 atom stereocenters. The number of hydrogen-bond acceptors (Lipinski definition) is 3. The molecule has 3 aromatic carbocycles. The topological polar surface area (TPSA) is 46.2 Å². The third-order valence-electron chi connectivity index (χ3n) is 5.32. The van der Waals surface area contributed by atoms with Crippen LogP contribution in [0.15, 0.2) is 79.0 Å². The van der Waals surface area contributed by atoms with Gasteiger partial charge in [0.2, 0.25) is 5.69 Å². The molecule has 0 spiro atoms. The van der Waals surface area contributed by atoms with Crippen molar-refractivity contribution < 1.29 is 14.4 Å². The van der Waals surface area contributed by atoms with Gasteiger partial charge in [0.05, 0.1) is 19.3 Å². The van der Waals surface area contributed by atoms with E-state index in [2.05, 4.69) is 29.7 Å². The van der Waals surface area contributed by atoms with Crippen LogP contribution in [0.5, 0.6) is 5.75 Å². The standard InChI is InChI=1S/C26H25N2O2/c1-18-10-9-13-20(17-29)24(18)26-25(21-14-7-8-15-23(21)30-3)27-22(16-28(26)2)19-11-5-4-6-12-19/h4-16,29H,17H2,1-3H3/q+1. The largest absolute Gasteiger partial charge is 0.496 e. The van der Waals surface area contributed by atoms with Gasteiger partial charge in [-0.25, -0.2) is 4.98 Å². The van der Waals surface area contributed by atoms with E-state index < -0.39 is 0 Å². The number of benzene rings is 3. The Bertz CT molecular complexity index is 1190. The van der Waals surface area contributed by atoms with E-state index in [-0.39, 0.29) is 6.61 Å². The van der Waals surface area contributed by atoms with Gasteiger partial charge in [0.25, 0.3) is 0 Å². The average molecular weight is 397 g/mol. The fourth-order valence-electron chi connectivity index (χ4n) is 3.89. The smallest absolute Gasteiger partial charge is 0.239 e. The molecule has 1 aromatic heterocycles. The van der Waals surface area contributed by atoms with Crippen molar-refractivity contribution in [3.8, 4) is 39.5 Å². The lowest BCUT2D eigenvalue weighted by molar-refractivity contribution is -0.659. The Hall–Kier alpha value is -3.50. The number of nitrogens with zero attached hydrogens (tertiary/aromatic N) is 2. The van der Waals surface area contributed by atoms with E-state index in [1.807, 2.05) is 67.8 Å². The van der Waals surface area contributed by atoms with Crippen LogP contribution in [0.25, 0.3) is 33.8 Å². The summed E-state index contributed by atoms with van der Waals surface area (Å²) in [5.41, 5.74) is 7.55. The molecule has 0 aliphatic carbocycles. The van der Waals surface area contributed by atoms with Crippen molar-refractivity contribution >= 4 is 0 Å². The SMILES string of the molecule is COc1ccccc1-c1nc(-c2ccccc2)c[n+](C)c1-c1c(C)cccc1CO. The third-order valence-corrected chi connectivity index (χ3v) is 5.32. The molecular weight excluding hydrogens is 372 g/mol. The summed E-state index contributed by atoms with van der Waals surface area (Å²) in [5, 5.41) is 10.0. The Morgan fingerprint density at radius 3 is 2.40 bits per heavy atom. The minimum atomic E-state index is -0.0389. The highest BCUT2D eigenvalue weighted by Gasteiger charge is 2.26. The summed E-state index contributed by atoms with van der Waals surface area (Å²) in [4.78, 5) is 5.09. The summed E-state index contributed by atoms with van der Waals surface area (Å²) in [6.07, 6.45) is 2.04. The van der Waals surface area contributed by atoms with Gasteiger partial charge in [-0.05, 0) is 30.2 Å². The first kappa shape index (κ1) is 19.8. The second kappa shape index (κ2) is 8.47. The number of ether oxygens (including phenoxy) is 1. The number of methoxy groups -OCH3 is 1.